The number of urea groups is 1. The zero-order valence-corrected chi connectivity index (χ0v) is 11.4. The van der Waals surface area contributed by atoms with E-state index in [4.69, 9.17) is 4.74 Å². The number of ether oxygens (including phenoxy) is 1. The lowest BCUT2D eigenvalue weighted by atomic mass is 10.1. The third kappa shape index (κ3) is 3.08. The zero-order chi connectivity index (χ0) is 14.7. The van der Waals surface area contributed by atoms with E-state index in [2.05, 4.69) is 10.4 Å². The highest BCUT2D eigenvalue weighted by Gasteiger charge is 2.29. The molecule has 2 unspecified atom stereocenters. The fraction of sp³-hybridized carbons (Fsp3) is 0.583. The molecule has 1 aromatic heterocycles. The second-order valence-electron chi connectivity index (χ2n) is 4.79. The summed E-state index contributed by atoms with van der Waals surface area (Å²) in [6, 6.07) is -1.59. The van der Waals surface area contributed by atoms with Gasteiger partial charge in [-0.3, -0.25) is 4.68 Å². The molecule has 1 aromatic rings. The Kier molecular flexibility index (Phi) is 4.23. The number of carbonyl (C=O) groups excluding carboxylic acids is 1. The van der Waals surface area contributed by atoms with Gasteiger partial charge in [-0.1, -0.05) is 0 Å². The van der Waals surface area contributed by atoms with Gasteiger partial charge in [0.25, 0.3) is 0 Å². The first-order chi connectivity index (χ1) is 9.49. The summed E-state index contributed by atoms with van der Waals surface area (Å²) in [7, 11) is 1.69. The highest BCUT2D eigenvalue weighted by atomic mass is 16.5. The summed E-state index contributed by atoms with van der Waals surface area (Å²) < 4.78 is 6.75. The van der Waals surface area contributed by atoms with Gasteiger partial charge >= 0.3 is 12.0 Å². The fourth-order valence-electron chi connectivity index (χ4n) is 2.11. The number of aliphatic carboxylic acids is 1. The molecule has 0 aliphatic carbocycles. The summed E-state index contributed by atoms with van der Waals surface area (Å²) in [5.74, 6) is -1.12. The van der Waals surface area contributed by atoms with Gasteiger partial charge in [0.15, 0.2) is 6.04 Å². The van der Waals surface area contributed by atoms with Crippen LogP contribution in [-0.2, 0) is 16.6 Å². The molecular formula is C12H18N4O4. The summed E-state index contributed by atoms with van der Waals surface area (Å²) in [6.45, 7) is 3.23. The summed E-state index contributed by atoms with van der Waals surface area (Å²) in [4.78, 5) is 25.1. The van der Waals surface area contributed by atoms with Crippen molar-refractivity contribution in [2.75, 3.05) is 19.8 Å². The van der Waals surface area contributed by atoms with Crippen molar-refractivity contribution < 1.29 is 19.4 Å². The minimum atomic E-state index is -1.12. The molecule has 110 valence electrons. The van der Waals surface area contributed by atoms with Gasteiger partial charge in [-0.15, -0.1) is 0 Å². The van der Waals surface area contributed by atoms with E-state index in [1.165, 1.54) is 10.9 Å². The molecule has 1 aliphatic heterocycles. The van der Waals surface area contributed by atoms with Crippen LogP contribution in [0.1, 0.15) is 18.5 Å². The third-order valence-corrected chi connectivity index (χ3v) is 3.20. The molecule has 2 heterocycles. The molecule has 1 aliphatic rings. The minimum absolute atomic E-state index is 0.0768. The zero-order valence-electron chi connectivity index (χ0n) is 11.4. The molecule has 0 aromatic carbocycles. The van der Waals surface area contributed by atoms with Crippen LogP contribution < -0.4 is 5.32 Å². The van der Waals surface area contributed by atoms with E-state index in [1.807, 2.05) is 6.92 Å². The summed E-state index contributed by atoms with van der Waals surface area (Å²) in [5, 5.41) is 15.7. The largest absolute Gasteiger partial charge is 0.479 e. The third-order valence-electron chi connectivity index (χ3n) is 3.20. The van der Waals surface area contributed by atoms with Gasteiger partial charge in [0.1, 0.15) is 0 Å². The van der Waals surface area contributed by atoms with Crippen LogP contribution in [0.3, 0.4) is 0 Å². The number of rotatable bonds is 3. The van der Waals surface area contributed by atoms with Crippen molar-refractivity contribution in [3.63, 3.8) is 0 Å². The number of carboxylic acids is 1. The van der Waals surface area contributed by atoms with Gasteiger partial charge in [-0.2, -0.15) is 5.10 Å². The number of nitrogens with zero attached hydrogens (tertiary/aromatic N) is 3. The predicted octanol–water partition coefficient (Wildman–Crippen LogP) is -0.0239. The van der Waals surface area contributed by atoms with Gasteiger partial charge in [0.2, 0.25) is 0 Å². The SMILES string of the molecule is CC1COCCN1C(=O)NC(C(=O)O)c1cnn(C)c1. The lowest BCUT2D eigenvalue weighted by molar-refractivity contribution is -0.139. The molecule has 20 heavy (non-hydrogen) atoms. The summed E-state index contributed by atoms with van der Waals surface area (Å²) in [6.07, 6.45) is 3.00. The number of morpholine rings is 1. The van der Waals surface area contributed by atoms with Crippen LogP contribution in [0.25, 0.3) is 0 Å². The van der Waals surface area contributed by atoms with Crippen molar-refractivity contribution in [3.05, 3.63) is 18.0 Å². The summed E-state index contributed by atoms with van der Waals surface area (Å²) >= 11 is 0. The predicted molar refractivity (Wildman–Crippen MR) is 69.1 cm³/mol. The van der Waals surface area contributed by atoms with Crippen LogP contribution in [0.5, 0.6) is 0 Å². The highest BCUT2D eigenvalue weighted by molar-refractivity contribution is 5.83. The lowest BCUT2D eigenvalue weighted by Crippen LogP contribution is -2.52. The number of amides is 2. The fourth-order valence-corrected chi connectivity index (χ4v) is 2.11. The molecule has 8 heteroatoms. The van der Waals surface area contributed by atoms with Crippen molar-refractivity contribution >= 4 is 12.0 Å². The average molecular weight is 282 g/mol. The molecule has 0 saturated carbocycles. The molecular weight excluding hydrogens is 264 g/mol. The van der Waals surface area contributed by atoms with Crippen LogP contribution in [-0.4, -0.2) is 57.6 Å². The highest BCUT2D eigenvalue weighted by Crippen LogP contribution is 2.14. The van der Waals surface area contributed by atoms with E-state index < -0.39 is 18.0 Å². The Balaban J connectivity index is 2.08. The normalized spacial score (nSPS) is 20.5. The Bertz CT molecular complexity index is 501. The molecule has 2 rings (SSSR count). The van der Waals surface area contributed by atoms with Gasteiger partial charge < -0.3 is 20.1 Å². The first kappa shape index (κ1) is 14.3. The lowest BCUT2D eigenvalue weighted by Gasteiger charge is -2.34. The maximum absolute atomic E-state index is 12.2. The molecule has 2 N–H and O–H groups in total. The van der Waals surface area contributed by atoms with Crippen molar-refractivity contribution in [1.29, 1.82) is 0 Å². The molecule has 0 spiro atoms. The van der Waals surface area contributed by atoms with Gasteiger partial charge in [0, 0.05) is 25.4 Å². The maximum Gasteiger partial charge on any atom is 0.331 e. The summed E-state index contributed by atoms with van der Waals surface area (Å²) in [5.41, 5.74) is 0.439. The minimum Gasteiger partial charge on any atom is -0.479 e. The maximum atomic E-state index is 12.2. The van der Waals surface area contributed by atoms with E-state index in [1.54, 1.807) is 18.1 Å². The first-order valence-corrected chi connectivity index (χ1v) is 6.35. The number of nitrogens with one attached hydrogen (secondary N) is 1. The van der Waals surface area contributed by atoms with Crippen LogP contribution >= 0.6 is 0 Å². The van der Waals surface area contributed by atoms with Crippen LogP contribution in [0.4, 0.5) is 4.79 Å². The van der Waals surface area contributed by atoms with Crippen molar-refractivity contribution in [1.82, 2.24) is 20.0 Å². The van der Waals surface area contributed by atoms with Crippen molar-refractivity contribution in [2.45, 2.75) is 19.0 Å². The molecule has 2 amide bonds. The Labute approximate surface area is 116 Å². The molecule has 1 fully saturated rings. The van der Waals surface area contributed by atoms with Crippen LogP contribution in [0.2, 0.25) is 0 Å². The number of aromatic nitrogens is 2. The Hall–Kier alpha value is -2.09. The molecule has 2 atom stereocenters. The monoisotopic (exact) mass is 282 g/mol. The quantitative estimate of drug-likeness (QED) is 0.812. The van der Waals surface area contributed by atoms with Crippen molar-refractivity contribution in [3.8, 4) is 0 Å². The van der Waals surface area contributed by atoms with Crippen LogP contribution in [0, 0.1) is 0 Å². The smallest absolute Gasteiger partial charge is 0.331 e. The Morgan fingerprint density at radius 3 is 2.90 bits per heavy atom. The Morgan fingerprint density at radius 1 is 1.60 bits per heavy atom. The van der Waals surface area contributed by atoms with E-state index in [0.717, 1.165) is 0 Å². The van der Waals surface area contributed by atoms with E-state index in [9.17, 15) is 14.7 Å². The number of hydrogen-bond donors (Lipinski definition) is 2. The Morgan fingerprint density at radius 2 is 2.35 bits per heavy atom. The number of hydrogen-bond acceptors (Lipinski definition) is 4. The first-order valence-electron chi connectivity index (χ1n) is 6.35. The van der Waals surface area contributed by atoms with Crippen molar-refractivity contribution in [2.24, 2.45) is 7.05 Å². The van der Waals surface area contributed by atoms with Gasteiger partial charge in [-0.05, 0) is 6.92 Å². The van der Waals surface area contributed by atoms with E-state index in [0.29, 0.717) is 25.3 Å². The molecule has 0 radical (unpaired) electrons. The van der Waals surface area contributed by atoms with E-state index in [-0.39, 0.29) is 6.04 Å². The number of aryl methyl sites for hydroxylation is 1. The van der Waals surface area contributed by atoms with Gasteiger partial charge in [-0.25, -0.2) is 9.59 Å². The molecule has 0 bridgehead atoms. The number of carboxylic acid groups (broad SMARTS) is 1. The number of carbonyl (C=O) groups is 2. The van der Waals surface area contributed by atoms with Gasteiger partial charge in [0.05, 0.1) is 25.5 Å². The molecule has 8 nitrogen and oxygen atoms in total. The second kappa shape index (κ2) is 5.91. The second-order valence-corrected chi connectivity index (χ2v) is 4.79. The van der Waals surface area contributed by atoms with Crippen LogP contribution in [0.15, 0.2) is 12.4 Å². The topological polar surface area (TPSA) is 96.7 Å². The standard InChI is InChI=1S/C12H18N4O4/c1-8-7-20-4-3-16(8)12(19)14-10(11(17)18)9-5-13-15(2)6-9/h5-6,8,10H,3-4,7H2,1-2H3,(H,14,19)(H,17,18). The molecule has 1 saturated heterocycles. The average Bonchev–Trinajstić information content (AvgIpc) is 2.82. The van der Waals surface area contributed by atoms with E-state index >= 15 is 0 Å².